The normalized spacial score (nSPS) is 16.2. The van der Waals surface area contributed by atoms with Crippen molar-refractivity contribution in [2.75, 3.05) is 38.2 Å². The average Bonchev–Trinajstić information content (AvgIpc) is 3.27. The minimum Gasteiger partial charge on any atom is -0.453 e. The van der Waals surface area contributed by atoms with Crippen LogP contribution >= 0.6 is 0 Å². The van der Waals surface area contributed by atoms with E-state index in [2.05, 4.69) is 44.6 Å². The fraction of sp³-hybridized carbons (Fsp3) is 0.360. The molecule has 9 heteroatoms. The number of aryl methyl sites for hydroxylation is 1. The van der Waals surface area contributed by atoms with Crippen LogP contribution in [-0.4, -0.2) is 64.8 Å². The van der Waals surface area contributed by atoms with Crippen molar-refractivity contribution in [2.45, 2.75) is 19.9 Å². The van der Waals surface area contributed by atoms with Gasteiger partial charge in [0.15, 0.2) is 5.82 Å². The summed E-state index contributed by atoms with van der Waals surface area (Å²) in [5.41, 5.74) is 5.46. The molecule has 9 nitrogen and oxygen atoms in total. The molecule has 0 spiro atoms. The molecule has 1 saturated heterocycles. The van der Waals surface area contributed by atoms with E-state index in [1.807, 2.05) is 29.8 Å². The highest BCUT2D eigenvalue weighted by Crippen LogP contribution is 2.30. The molecule has 1 aromatic carbocycles. The number of nitrogens with one attached hydrogen (secondary N) is 1. The lowest BCUT2D eigenvalue weighted by Gasteiger charge is -2.39. The van der Waals surface area contributed by atoms with Crippen LogP contribution in [0.25, 0.3) is 11.1 Å². The Morgan fingerprint density at radius 2 is 2.00 bits per heavy atom. The summed E-state index contributed by atoms with van der Waals surface area (Å²) in [5, 5.41) is 7.41. The van der Waals surface area contributed by atoms with Gasteiger partial charge in [0.2, 0.25) is 5.91 Å². The van der Waals surface area contributed by atoms with E-state index in [-0.39, 0.29) is 17.9 Å². The molecular weight excluding hydrogens is 432 g/mol. The third-order valence-electron chi connectivity index (χ3n) is 6.54. The number of benzene rings is 1. The summed E-state index contributed by atoms with van der Waals surface area (Å²) in [5.74, 6) is 0.845. The number of hydrogen-bond acceptors (Lipinski definition) is 6. The summed E-state index contributed by atoms with van der Waals surface area (Å²) in [6, 6.07) is 10.3. The quantitative estimate of drug-likeness (QED) is 0.629. The number of aromatic nitrogens is 3. The van der Waals surface area contributed by atoms with Gasteiger partial charge in [-0.2, -0.15) is 5.10 Å². The van der Waals surface area contributed by atoms with E-state index in [9.17, 15) is 9.59 Å². The van der Waals surface area contributed by atoms with Crippen molar-refractivity contribution in [2.24, 2.45) is 5.92 Å². The van der Waals surface area contributed by atoms with Crippen LogP contribution in [0.2, 0.25) is 0 Å². The highest BCUT2D eigenvalue weighted by atomic mass is 16.5. The van der Waals surface area contributed by atoms with Gasteiger partial charge in [-0.25, -0.2) is 14.3 Å². The fourth-order valence-electron chi connectivity index (χ4n) is 4.42. The lowest BCUT2D eigenvalue weighted by atomic mass is 9.98. The van der Waals surface area contributed by atoms with Gasteiger partial charge < -0.3 is 19.9 Å². The maximum atomic E-state index is 12.6. The van der Waals surface area contributed by atoms with Crippen molar-refractivity contribution in [1.29, 1.82) is 0 Å². The summed E-state index contributed by atoms with van der Waals surface area (Å²) < 4.78 is 6.64. The second kappa shape index (κ2) is 9.17. The van der Waals surface area contributed by atoms with Crippen LogP contribution < -0.4 is 10.2 Å². The standard InChI is InChI=1S/C25H28N6O3/c1-17-3-5-18(6-4-17)12-26-24(32)21-13-30(14-21)23-22-11-20(15-31(22)28-16-27-23)19-7-9-29(10-8-19)25(33)34-2/h3-7,11,15-16,21H,8-10,12-14H2,1-2H3,(H,26,32). The van der Waals surface area contributed by atoms with Crippen LogP contribution in [-0.2, 0) is 16.1 Å². The highest BCUT2D eigenvalue weighted by Gasteiger charge is 2.34. The van der Waals surface area contributed by atoms with Gasteiger partial charge in [0.1, 0.15) is 11.8 Å². The molecule has 0 atom stereocenters. The molecule has 2 aliphatic heterocycles. The molecule has 4 heterocycles. The number of methoxy groups -OCH3 is 1. The Labute approximate surface area is 198 Å². The Bertz CT molecular complexity index is 1240. The summed E-state index contributed by atoms with van der Waals surface area (Å²) in [7, 11) is 1.40. The van der Waals surface area contributed by atoms with E-state index in [0.717, 1.165) is 28.9 Å². The largest absolute Gasteiger partial charge is 0.453 e. The van der Waals surface area contributed by atoms with E-state index >= 15 is 0 Å². The maximum absolute atomic E-state index is 12.6. The third kappa shape index (κ3) is 4.33. The third-order valence-corrected chi connectivity index (χ3v) is 6.54. The number of anilines is 1. The number of nitrogens with zero attached hydrogens (tertiary/aromatic N) is 5. The minimum absolute atomic E-state index is 0.0553. The van der Waals surface area contributed by atoms with Crippen molar-refractivity contribution >= 4 is 28.9 Å². The van der Waals surface area contributed by atoms with E-state index in [0.29, 0.717) is 32.7 Å². The van der Waals surface area contributed by atoms with Crippen molar-refractivity contribution < 1.29 is 14.3 Å². The first kappa shape index (κ1) is 21.9. The van der Waals surface area contributed by atoms with E-state index in [1.165, 1.54) is 18.2 Å². The molecule has 2 amide bonds. The second-order valence-electron chi connectivity index (χ2n) is 8.84. The molecule has 176 valence electrons. The second-order valence-corrected chi connectivity index (χ2v) is 8.84. The zero-order valence-electron chi connectivity index (χ0n) is 19.4. The van der Waals surface area contributed by atoms with Crippen molar-refractivity contribution in [3.8, 4) is 0 Å². The molecule has 2 aromatic heterocycles. The van der Waals surface area contributed by atoms with E-state index < -0.39 is 0 Å². The summed E-state index contributed by atoms with van der Waals surface area (Å²) in [6.07, 6.45) is 6.04. The summed E-state index contributed by atoms with van der Waals surface area (Å²) >= 11 is 0. The lowest BCUT2D eigenvalue weighted by Crippen LogP contribution is -2.54. The van der Waals surface area contributed by atoms with Gasteiger partial charge in [0.25, 0.3) is 0 Å². The van der Waals surface area contributed by atoms with Crippen molar-refractivity contribution in [3.63, 3.8) is 0 Å². The minimum atomic E-state index is -0.305. The molecule has 0 saturated carbocycles. The van der Waals surface area contributed by atoms with Gasteiger partial charge in [-0.05, 0) is 36.1 Å². The fourth-order valence-corrected chi connectivity index (χ4v) is 4.42. The Morgan fingerprint density at radius 3 is 2.71 bits per heavy atom. The van der Waals surface area contributed by atoms with Crippen LogP contribution in [0.15, 0.2) is 48.9 Å². The van der Waals surface area contributed by atoms with Gasteiger partial charge in [-0.15, -0.1) is 0 Å². The predicted molar refractivity (Wildman–Crippen MR) is 128 cm³/mol. The Kier molecular flexibility index (Phi) is 5.91. The van der Waals surface area contributed by atoms with E-state index in [4.69, 9.17) is 4.74 Å². The molecular formula is C25H28N6O3. The zero-order valence-corrected chi connectivity index (χ0v) is 19.4. The SMILES string of the molecule is COC(=O)N1CC=C(c2cc3c(N4CC(C(=O)NCc5ccc(C)cc5)C4)ncnn3c2)CC1. The summed E-state index contributed by atoms with van der Waals surface area (Å²) in [4.78, 5) is 32.6. The zero-order chi connectivity index (χ0) is 23.7. The van der Waals surface area contributed by atoms with Crippen molar-refractivity contribution in [1.82, 2.24) is 24.8 Å². The van der Waals surface area contributed by atoms with Crippen LogP contribution in [0.3, 0.4) is 0 Å². The molecule has 0 unspecified atom stereocenters. The van der Waals surface area contributed by atoms with Crippen molar-refractivity contribution in [3.05, 3.63) is 65.6 Å². The molecule has 0 bridgehead atoms. The number of rotatable bonds is 5. The molecule has 1 fully saturated rings. The van der Waals surface area contributed by atoms with E-state index in [1.54, 1.807) is 11.2 Å². The first-order chi connectivity index (χ1) is 16.5. The highest BCUT2D eigenvalue weighted by molar-refractivity contribution is 5.84. The number of carbonyl (C=O) groups excluding carboxylic acids is 2. The molecule has 34 heavy (non-hydrogen) atoms. The Hall–Kier alpha value is -3.88. The first-order valence-electron chi connectivity index (χ1n) is 11.5. The van der Waals surface area contributed by atoms with Crippen LogP contribution in [0, 0.1) is 12.8 Å². The smallest absolute Gasteiger partial charge is 0.409 e. The van der Waals surface area contributed by atoms with Gasteiger partial charge in [0, 0.05) is 38.9 Å². The van der Waals surface area contributed by atoms with Crippen LogP contribution in [0.1, 0.15) is 23.1 Å². The number of carbonyl (C=O) groups is 2. The number of hydrogen-bond donors (Lipinski definition) is 1. The van der Waals surface area contributed by atoms with Gasteiger partial charge in [-0.1, -0.05) is 35.9 Å². The van der Waals surface area contributed by atoms with Gasteiger partial charge in [-0.3, -0.25) is 4.79 Å². The molecule has 3 aromatic rings. The Balaban J connectivity index is 1.23. The topological polar surface area (TPSA) is 92.1 Å². The molecule has 2 aliphatic rings. The van der Waals surface area contributed by atoms with Crippen LogP contribution in [0.5, 0.6) is 0 Å². The van der Waals surface area contributed by atoms with Gasteiger partial charge >= 0.3 is 6.09 Å². The monoisotopic (exact) mass is 460 g/mol. The molecule has 0 aliphatic carbocycles. The van der Waals surface area contributed by atoms with Gasteiger partial charge in [0.05, 0.1) is 13.0 Å². The summed E-state index contributed by atoms with van der Waals surface area (Å²) in [6.45, 7) is 4.99. The first-order valence-corrected chi connectivity index (χ1v) is 11.5. The predicted octanol–water partition coefficient (Wildman–Crippen LogP) is 2.65. The number of amides is 2. The number of fused-ring (bicyclic) bond motifs is 1. The average molecular weight is 461 g/mol. The maximum Gasteiger partial charge on any atom is 0.409 e. The number of ether oxygens (including phenoxy) is 1. The molecule has 1 N–H and O–H groups in total. The van der Waals surface area contributed by atoms with Crippen LogP contribution in [0.4, 0.5) is 10.6 Å². The molecule has 0 radical (unpaired) electrons. The Morgan fingerprint density at radius 1 is 1.21 bits per heavy atom. The molecule has 5 rings (SSSR count). The lowest BCUT2D eigenvalue weighted by molar-refractivity contribution is -0.125.